The van der Waals surface area contributed by atoms with Crippen molar-refractivity contribution in [1.82, 2.24) is 26.8 Å². The lowest BCUT2D eigenvalue weighted by atomic mass is 9.87. The van der Waals surface area contributed by atoms with E-state index in [4.69, 9.17) is 18.9 Å². The van der Waals surface area contributed by atoms with Crippen molar-refractivity contribution in [3.05, 3.63) is 36.0 Å². The molecule has 0 radical (unpaired) electrons. The molecule has 3 saturated heterocycles. The molecule has 0 aromatic rings. The molecule has 0 unspecified atom stereocenters. The van der Waals surface area contributed by atoms with Crippen molar-refractivity contribution in [1.29, 1.82) is 0 Å². The minimum Gasteiger partial charge on any atom is -0.459 e. The van der Waals surface area contributed by atoms with Crippen molar-refractivity contribution in [2.45, 2.75) is 180 Å². The van der Waals surface area contributed by atoms with Crippen molar-refractivity contribution >= 4 is 35.5 Å². The van der Waals surface area contributed by atoms with Crippen molar-refractivity contribution in [2.75, 3.05) is 6.61 Å². The summed E-state index contributed by atoms with van der Waals surface area (Å²) < 4.78 is 23.1. The highest BCUT2D eigenvalue weighted by atomic mass is 16.6. The highest BCUT2D eigenvalue weighted by Gasteiger charge is 2.58. The van der Waals surface area contributed by atoms with Gasteiger partial charge in [-0.2, -0.15) is 0 Å². The molecular formula is C43H69N5O11. The maximum absolute atomic E-state index is 13.0. The summed E-state index contributed by atoms with van der Waals surface area (Å²) in [5.41, 5.74) is 4.84. The molecular weight excluding hydrogens is 762 g/mol. The van der Waals surface area contributed by atoms with Crippen LogP contribution in [-0.4, -0.2) is 108 Å². The lowest BCUT2D eigenvalue weighted by molar-refractivity contribution is -0.147. The summed E-state index contributed by atoms with van der Waals surface area (Å²) >= 11 is 0. The number of ether oxygens (including phenoxy) is 4. The molecule has 3 rings (SSSR count). The summed E-state index contributed by atoms with van der Waals surface area (Å²) in [5, 5.41) is 19.5. The molecule has 6 N–H and O–H groups in total. The summed E-state index contributed by atoms with van der Waals surface area (Å²) in [4.78, 5) is 74.7. The molecule has 0 saturated carbocycles. The first kappa shape index (κ1) is 49.2. The maximum Gasteiger partial charge on any atom is 0.303 e. The van der Waals surface area contributed by atoms with Gasteiger partial charge in [0.25, 0.3) is 5.91 Å². The standard InChI is InChI=1S/C43H69N5O11/c1-10-11-12-13-14-36(50)46-39(25(2)3)42(55)44-29(7)41(54)48-47-38(52)22-32-23-43(24-56-43)40(53)35(59-32)19-16-26(4)15-18-34-27(5)21-33(30(8)58-34)45-37(51)20-17-28(6)57-31(9)49/h15-17,19-20,25,27-30,32-35,39-40,53H,10-14,18,21-24H2,1-9H3,(H,44,55)(H,45,51)(H,46,50)(H,47,52)(H,48,54)/b19-16+,20-17-,26-15+/t27-,28-,29-,30+,32+,33+,34-,35+,39-,40+,43+/m0/s1. The van der Waals surface area contributed by atoms with Crippen LogP contribution in [0, 0.1) is 11.8 Å². The van der Waals surface area contributed by atoms with E-state index in [1.807, 2.05) is 39.8 Å². The predicted molar refractivity (Wildman–Crippen MR) is 220 cm³/mol. The zero-order valence-electron chi connectivity index (χ0n) is 36.3. The number of carbonyl (C=O) groups is 6. The van der Waals surface area contributed by atoms with Gasteiger partial charge in [-0.3, -0.25) is 39.6 Å². The van der Waals surface area contributed by atoms with Gasteiger partial charge in [-0.05, 0) is 64.9 Å². The van der Waals surface area contributed by atoms with Gasteiger partial charge in [-0.1, -0.05) is 70.8 Å². The third kappa shape index (κ3) is 16.5. The number of amides is 5. The van der Waals surface area contributed by atoms with Gasteiger partial charge in [0.1, 0.15) is 36.0 Å². The van der Waals surface area contributed by atoms with E-state index in [1.165, 1.54) is 26.0 Å². The molecule has 332 valence electrons. The Morgan fingerprint density at radius 2 is 1.63 bits per heavy atom. The second-order valence-corrected chi connectivity index (χ2v) is 16.7. The third-order valence-electron chi connectivity index (χ3n) is 10.9. The van der Waals surface area contributed by atoms with Crippen molar-refractivity contribution in [2.24, 2.45) is 11.8 Å². The molecule has 16 nitrogen and oxygen atoms in total. The minimum absolute atomic E-state index is 0.0714. The molecule has 3 heterocycles. The molecule has 3 aliphatic rings. The molecule has 3 aliphatic heterocycles. The minimum atomic E-state index is -1.00. The first-order valence-electron chi connectivity index (χ1n) is 21.2. The van der Waals surface area contributed by atoms with Gasteiger partial charge in [0.2, 0.25) is 23.6 Å². The van der Waals surface area contributed by atoms with Gasteiger partial charge < -0.3 is 40.0 Å². The second kappa shape index (κ2) is 23.6. The van der Waals surface area contributed by atoms with E-state index in [0.717, 1.165) is 37.7 Å². The van der Waals surface area contributed by atoms with Crippen LogP contribution in [0.1, 0.15) is 120 Å². The number of hydrazine groups is 1. The van der Waals surface area contributed by atoms with E-state index < -0.39 is 65.8 Å². The fraction of sp³-hybridized carbons (Fsp3) is 0.721. The van der Waals surface area contributed by atoms with Gasteiger partial charge in [0.15, 0.2) is 0 Å². The zero-order chi connectivity index (χ0) is 43.9. The number of aliphatic hydroxyl groups is 1. The molecule has 0 aromatic heterocycles. The summed E-state index contributed by atoms with van der Waals surface area (Å²) in [6, 6.07) is -1.99. The van der Waals surface area contributed by atoms with Crippen LogP contribution in [0.5, 0.6) is 0 Å². The number of hydrogen-bond acceptors (Lipinski definition) is 11. The van der Waals surface area contributed by atoms with E-state index in [9.17, 15) is 33.9 Å². The van der Waals surface area contributed by atoms with E-state index in [1.54, 1.807) is 13.0 Å². The fourth-order valence-electron chi connectivity index (χ4n) is 7.25. The maximum atomic E-state index is 13.0. The molecule has 0 aliphatic carbocycles. The highest BCUT2D eigenvalue weighted by Crippen LogP contribution is 2.43. The van der Waals surface area contributed by atoms with E-state index >= 15 is 0 Å². The van der Waals surface area contributed by atoms with Gasteiger partial charge in [-0.25, -0.2) is 0 Å². The Morgan fingerprint density at radius 1 is 0.915 bits per heavy atom. The molecule has 0 bridgehead atoms. The number of allylic oxidation sites excluding steroid dienone is 2. The number of epoxide rings is 1. The van der Waals surface area contributed by atoms with Crippen LogP contribution in [0.4, 0.5) is 0 Å². The molecule has 3 fully saturated rings. The molecule has 59 heavy (non-hydrogen) atoms. The number of nitrogens with one attached hydrogen (secondary N) is 5. The molecule has 16 heteroatoms. The SMILES string of the molecule is CCCCCCC(=O)N[C@H](C(=O)N[C@@H](C)C(=O)NNC(=O)C[C@@H]1C[C@@]2(CO2)[C@H](O)[C@@H](/C=C/C(C)=C/C[C@@H]2O[C@H](C)[C@H](NC(=O)/C=C\[C@H](C)OC(C)=O)C[C@@H]2C)O1)C(C)C. The second-order valence-electron chi connectivity index (χ2n) is 16.7. The number of esters is 1. The van der Waals surface area contributed by atoms with Crippen LogP contribution in [0.3, 0.4) is 0 Å². The van der Waals surface area contributed by atoms with Crippen molar-refractivity contribution < 1.29 is 52.8 Å². The van der Waals surface area contributed by atoms with E-state index in [-0.39, 0.29) is 48.3 Å². The quantitative estimate of drug-likeness (QED) is 0.0261. The highest BCUT2D eigenvalue weighted by molar-refractivity contribution is 5.92. The topological polar surface area (TPSA) is 223 Å². The van der Waals surface area contributed by atoms with Crippen molar-refractivity contribution in [3.8, 4) is 0 Å². The molecule has 0 aromatic carbocycles. The van der Waals surface area contributed by atoms with Crippen LogP contribution in [0.25, 0.3) is 0 Å². The first-order valence-corrected chi connectivity index (χ1v) is 21.2. The van der Waals surface area contributed by atoms with Crippen LogP contribution in [-0.2, 0) is 47.7 Å². The van der Waals surface area contributed by atoms with E-state index in [2.05, 4.69) is 40.6 Å². The Bertz CT molecular complexity index is 1540. The smallest absolute Gasteiger partial charge is 0.303 e. The van der Waals surface area contributed by atoms with Gasteiger partial charge in [0, 0.05) is 25.8 Å². The van der Waals surface area contributed by atoms with Crippen LogP contribution >= 0.6 is 0 Å². The van der Waals surface area contributed by atoms with Gasteiger partial charge >= 0.3 is 5.97 Å². The largest absolute Gasteiger partial charge is 0.459 e. The average molecular weight is 832 g/mol. The lowest BCUT2D eigenvalue weighted by Gasteiger charge is -2.39. The number of aliphatic hydroxyl groups excluding tert-OH is 1. The van der Waals surface area contributed by atoms with E-state index in [0.29, 0.717) is 25.9 Å². The Morgan fingerprint density at radius 3 is 2.27 bits per heavy atom. The summed E-state index contributed by atoms with van der Waals surface area (Å²) in [5.74, 6) is -2.63. The Kier molecular flexibility index (Phi) is 19.7. The normalized spacial score (nSPS) is 28.5. The molecule has 1 spiro atoms. The number of carbonyl (C=O) groups excluding carboxylic acids is 6. The van der Waals surface area contributed by atoms with Crippen LogP contribution in [0.2, 0.25) is 0 Å². The first-order chi connectivity index (χ1) is 27.8. The summed E-state index contributed by atoms with van der Waals surface area (Å²) in [6.07, 6.45) is 11.1. The fourth-order valence-corrected chi connectivity index (χ4v) is 7.25. The Hall–Kier alpha value is -4.12. The van der Waals surface area contributed by atoms with Gasteiger partial charge in [0.05, 0.1) is 37.4 Å². The Labute approximate surface area is 349 Å². The van der Waals surface area contributed by atoms with Crippen LogP contribution in [0.15, 0.2) is 36.0 Å². The lowest BCUT2D eigenvalue weighted by Crippen LogP contribution is -2.56. The molecule has 5 amide bonds. The number of unbranched alkanes of at least 4 members (excludes halogenated alkanes) is 3. The summed E-state index contributed by atoms with van der Waals surface area (Å²) in [6.45, 7) is 16.5. The molecule has 11 atom stereocenters. The monoisotopic (exact) mass is 831 g/mol. The Balaban J connectivity index is 1.46. The van der Waals surface area contributed by atoms with Gasteiger partial charge in [-0.15, -0.1) is 0 Å². The average Bonchev–Trinajstić information content (AvgIpc) is 3.94. The number of hydrogen-bond donors (Lipinski definition) is 6. The van der Waals surface area contributed by atoms with Crippen LogP contribution < -0.4 is 26.8 Å². The number of rotatable bonds is 20. The van der Waals surface area contributed by atoms with Crippen molar-refractivity contribution in [3.63, 3.8) is 0 Å². The zero-order valence-corrected chi connectivity index (χ0v) is 36.3. The summed E-state index contributed by atoms with van der Waals surface area (Å²) in [7, 11) is 0. The third-order valence-corrected chi connectivity index (χ3v) is 10.9. The predicted octanol–water partition coefficient (Wildman–Crippen LogP) is 3.13.